The molecule has 1 aliphatic rings. The molecule has 1 saturated heterocycles. The molecular weight excluding hydrogens is 431 g/mol. The summed E-state index contributed by atoms with van der Waals surface area (Å²) >= 11 is 0. The topological polar surface area (TPSA) is 87.0 Å². The van der Waals surface area contributed by atoms with Crippen LogP contribution in [0.4, 0.5) is 10.2 Å². The first-order valence-corrected chi connectivity index (χ1v) is 11.7. The number of ether oxygens (including phenoxy) is 1. The molecule has 0 aliphatic carbocycles. The van der Waals surface area contributed by atoms with Crippen molar-refractivity contribution in [1.29, 1.82) is 5.26 Å². The average Bonchev–Trinajstić information content (AvgIpc) is 2.86. The molecule has 1 N–H and O–H groups in total. The van der Waals surface area contributed by atoms with Gasteiger partial charge in [-0.15, -0.1) is 0 Å². The van der Waals surface area contributed by atoms with Gasteiger partial charge in [0.15, 0.2) is 5.82 Å². The van der Waals surface area contributed by atoms with Crippen molar-refractivity contribution in [2.45, 2.75) is 39.7 Å². The smallest absolute Gasteiger partial charge is 0.319 e. The highest BCUT2D eigenvalue weighted by atomic mass is 19.1. The number of nitrogens with one attached hydrogen (secondary N) is 1. The van der Waals surface area contributed by atoms with Crippen LogP contribution < -0.4 is 15.0 Å². The van der Waals surface area contributed by atoms with Gasteiger partial charge in [0.2, 0.25) is 0 Å². The van der Waals surface area contributed by atoms with E-state index in [4.69, 9.17) is 10.00 Å². The normalized spacial score (nSPS) is 16.5. The van der Waals surface area contributed by atoms with Crippen LogP contribution in [0.1, 0.15) is 44.0 Å². The Morgan fingerprint density at radius 2 is 2.15 bits per heavy atom. The molecule has 0 spiro atoms. The highest BCUT2D eigenvalue weighted by molar-refractivity contribution is 5.93. The highest BCUT2D eigenvalue weighted by Gasteiger charge is 2.26. The lowest BCUT2D eigenvalue weighted by Crippen LogP contribution is -2.51. The molecule has 8 heteroatoms. The van der Waals surface area contributed by atoms with E-state index in [0.29, 0.717) is 43.9 Å². The second-order valence-electron chi connectivity index (χ2n) is 8.12. The molecule has 1 fully saturated rings. The fourth-order valence-corrected chi connectivity index (χ4v) is 4.42. The standard InChI is InChI=1S/C26H29FN6O/c1-4-17-9-7-8-10-20(17)19(5-2)23-22(27)24-21(15-30-23)25(32-26(31-24)34-6-3)33-14-13-29-18(16-33)11-12-28/h5,7-10,15,18,29H,4,6,11,13-14,16H2,1-3H3/b19-5+/t18-/m0/s1. The summed E-state index contributed by atoms with van der Waals surface area (Å²) in [6.07, 6.45) is 4.75. The zero-order valence-corrected chi connectivity index (χ0v) is 19.8. The summed E-state index contributed by atoms with van der Waals surface area (Å²) in [5, 5.41) is 13.0. The Morgan fingerprint density at radius 1 is 1.32 bits per heavy atom. The van der Waals surface area contributed by atoms with Crippen molar-refractivity contribution < 1.29 is 9.13 Å². The minimum atomic E-state index is -0.496. The van der Waals surface area contributed by atoms with Gasteiger partial charge in [-0.1, -0.05) is 37.3 Å². The number of hydrogen-bond acceptors (Lipinski definition) is 7. The summed E-state index contributed by atoms with van der Waals surface area (Å²) in [6, 6.07) is 10.3. The average molecular weight is 461 g/mol. The first kappa shape index (κ1) is 23.6. The van der Waals surface area contributed by atoms with E-state index in [1.807, 2.05) is 44.2 Å². The summed E-state index contributed by atoms with van der Waals surface area (Å²) in [6.45, 7) is 8.14. The number of nitriles is 1. The number of aryl methyl sites for hydroxylation is 1. The number of hydrogen-bond donors (Lipinski definition) is 1. The Labute approximate surface area is 199 Å². The largest absolute Gasteiger partial charge is 0.464 e. The van der Waals surface area contributed by atoms with E-state index in [1.54, 1.807) is 6.20 Å². The van der Waals surface area contributed by atoms with Crippen LogP contribution in [0.15, 0.2) is 36.5 Å². The van der Waals surface area contributed by atoms with Gasteiger partial charge in [0, 0.05) is 37.4 Å². The Kier molecular flexibility index (Phi) is 7.33. The molecular formula is C26H29FN6O. The fraction of sp³-hybridized carbons (Fsp3) is 0.385. The molecule has 7 nitrogen and oxygen atoms in total. The third kappa shape index (κ3) is 4.57. The second kappa shape index (κ2) is 10.6. The van der Waals surface area contributed by atoms with Gasteiger partial charge < -0.3 is 15.0 Å². The van der Waals surface area contributed by atoms with Crippen LogP contribution in [-0.4, -0.2) is 47.2 Å². The van der Waals surface area contributed by atoms with E-state index in [2.05, 4.69) is 38.2 Å². The molecule has 4 rings (SSSR count). The molecule has 34 heavy (non-hydrogen) atoms. The quantitative estimate of drug-likeness (QED) is 0.563. The van der Waals surface area contributed by atoms with E-state index >= 15 is 4.39 Å². The number of allylic oxidation sites excluding steroid dienone is 1. The summed E-state index contributed by atoms with van der Waals surface area (Å²) in [5.74, 6) is 0.0802. The minimum Gasteiger partial charge on any atom is -0.464 e. The second-order valence-corrected chi connectivity index (χ2v) is 8.12. The zero-order valence-electron chi connectivity index (χ0n) is 19.8. The van der Waals surface area contributed by atoms with Crippen LogP contribution in [-0.2, 0) is 6.42 Å². The van der Waals surface area contributed by atoms with Crippen molar-refractivity contribution in [3.63, 3.8) is 0 Å². The number of nitrogens with zero attached hydrogens (tertiary/aromatic N) is 5. The Morgan fingerprint density at radius 3 is 2.88 bits per heavy atom. The fourth-order valence-electron chi connectivity index (χ4n) is 4.42. The zero-order chi connectivity index (χ0) is 24.1. The maximum atomic E-state index is 16.1. The van der Waals surface area contributed by atoms with Gasteiger partial charge in [0.1, 0.15) is 17.0 Å². The maximum Gasteiger partial charge on any atom is 0.319 e. The number of anilines is 1. The number of rotatable bonds is 7. The number of fused-ring (bicyclic) bond motifs is 1. The van der Waals surface area contributed by atoms with Crippen molar-refractivity contribution in [3.05, 3.63) is 59.2 Å². The molecule has 0 unspecified atom stereocenters. The molecule has 1 aromatic carbocycles. The van der Waals surface area contributed by atoms with Gasteiger partial charge in [-0.3, -0.25) is 4.98 Å². The van der Waals surface area contributed by atoms with E-state index < -0.39 is 5.82 Å². The van der Waals surface area contributed by atoms with Gasteiger partial charge >= 0.3 is 6.01 Å². The van der Waals surface area contributed by atoms with Crippen molar-refractivity contribution >= 4 is 22.3 Å². The molecule has 176 valence electrons. The van der Waals surface area contributed by atoms with Crippen LogP contribution in [0.5, 0.6) is 6.01 Å². The van der Waals surface area contributed by atoms with E-state index in [0.717, 1.165) is 23.1 Å². The molecule has 0 amide bonds. The number of piperazine rings is 1. The number of halogens is 1. The van der Waals surface area contributed by atoms with Crippen LogP contribution >= 0.6 is 0 Å². The van der Waals surface area contributed by atoms with Crippen molar-refractivity contribution in [2.75, 3.05) is 31.1 Å². The molecule has 1 atom stereocenters. The SMILES string of the molecule is C/C=C(\c1ccccc1CC)c1ncc2c(N3CCN[C@@H](CC#N)C3)nc(OCC)nc2c1F. The number of aromatic nitrogens is 3. The van der Waals surface area contributed by atoms with Crippen molar-refractivity contribution in [1.82, 2.24) is 20.3 Å². The van der Waals surface area contributed by atoms with Crippen LogP contribution in [0.3, 0.4) is 0 Å². The molecule has 2 aromatic heterocycles. The lowest BCUT2D eigenvalue weighted by molar-refractivity contribution is 0.313. The lowest BCUT2D eigenvalue weighted by Gasteiger charge is -2.34. The van der Waals surface area contributed by atoms with Crippen LogP contribution in [0.25, 0.3) is 16.5 Å². The number of pyridine rings is 1. The molecule has 0 saturated carbocycles. The van der Waals surface area contributed by atoms with E-state index in [1.165, 1.54) is 0 Å². The summed E-state index contributed by atoms with van der Waals surface area (Å²) in [4.78, 5) is 15.6. The molecule has 0 bridgehead atoms. The lowest BCUT2D eigenvalue weighted by atomic mass is 9.95. The van der Waals surface area contributed by atoms with Gasteiger partial charge in [-0.05, 0) is 31.4 Å². The summed E-state index contributed by atoms with van der Waals surface area (Å²) in [7, 11) is 0. The van der Waals surface area contributed by atoms with Crippen LogP contribution in [0, 0.1) is 17.1 Å². The molecule has 3 heterocycles. The Bertz CT molecular complexity index is 1250. The van der Waals surface area contributed by atoms with Crippen molar-refractivity contribution in [2.24, 2.45) is 0 Å². The predicted molar refractivity (Wildman–Crippen MR) is 131 cm³/mol. The van der Waals surface area contributed by atoms with E-state index in [-0.39, 0.29) is 23.3 Å². The van der Waals surface area contributed by atoms with Gasteiger partial charge in [0.05, 0.1) is 24.5 Å². The third-order valence-electron chi connectivity index (χ3n) is 6.04. The predicted octanol–water partition coefficient (Wildman–Crippen LogP) is 4.27. The van der Waals surface area contributed by atoms with Gasteiger partial charge in [-0.25, -0.2) is 4.39 Å². The summed E-state index contributed by atoms with van der Waals surface area (Å²) < 4.78 is 21.7. The molecule has 1 aliphatic heterocycles. The third-order valence-corrected chi connectivity index (χ3v) is 6.04. The first-order valence-electron chi connectivity index (χ1n) is 11.7. The number of benzene rings is 1. The molecule has 3 aromatic rings. The van der Waals surface area contributed by atoms with E-state index in [9.17, 15) is 0 Å². The Hall–Kier alpha value is -3.57. The maximum absolute atomic E-state index is 16.1. The monoisotopic (exact) mass is 460 g/mol. The Balaban J connectivity index is 1.86. The minimum absolute atomic E-state index is 0.0107. The summed E-state index contributed by atoms with van der Waals surface area (Å²) in [5.41, 5.74) is 3.25. The highest BCUT2D eigenvalue weighted by Crippen LogP contribution is 2.33. The van der Waals surface area contributed by atoms with Crippen molar-refractivity contribution in [3.8, 4) is 12.1 Å². The van der Waals surface area contributed by atoms with Crippen LogP contribution in [0.2, 0.25) is 0 Å². The molecule has 0 radical (unpaired) electrons. The van der Waals surface area contributed by atoms with Gasteiger partial charge in [-0.2, -0.15) is 15.2 Å². The first-order chi connectivity index (χ1) is 16.6. The van der Waals surface area contributed by atoms with Gasteiger partial charge in [0.25, 0.3) is 0 Å².